The first-order chi connectivity index (χ1) is 16.0. The number of allylic oxidation sites excluding steroid dienone is 1. The highest BCUT2D eigenvalue weighted by molar-refractivity contribution is 6.07. The van der Waals surface area contributed by atoms with Gasteiger partial charge in [0.25, 0.3) is 0 Å². The van der Waals surface area contributed by atoms with Gasteiger partial charge in [0.05, 0.1) is 24.0 Å². The average molecular weight is 473 g/mol. The standard InChI is InChI=1S/C26H27F3N2O3/c1-4-12-34-17-9-7-8-16(13-17)23-22-19(14-25(2,3)15-21(22)32)30-18-10-5-6-11-20(18)31(23)24(33)26(27,28)29/h5-11,13,23,30H,4,12,14-15H2,1-3H3/t23-/m0/s1. The minimum absolute atomic E-state index is 0.0645. The molecule has 4 rings (SSSR count). The van der Waals surface area contributed by atoms with E-state index < -0.39 is 18.1 Å². The van der Waals surface area contributed by atoms with E-state index in [4.69, 9.17) is 4.74 Å². The van der Waals surface area contributed by atoms with Gasteiger partial charge in [-0.3, -0.25) is 14.5 Å². The monoisotopic (exact) mass is 472 g/mol. The number of carbonyl (C=O) groups is 2. The van der Waals surface area contributed by atoms with E-state index in [-0.39, 0.29) is 28.9 Å². The number of halogens is 3. The first-order valence-electron chi connectivity index (χ1n) is 11.3. The van der Waals surface area contributed by atoms with E-state index in [2.05, 4.69) is 5.32 Å². The molecule has 2 aromatic carbocycles. The molecule has 2 aromatic rings. The molecule has 34 heavy (non-hydrogen) atoms. The number of hydrogen-bond acceptors (Lipinski definition) is 4. The Hall–Kier alpha value is -3.29. The summed E-state index contributed by atoms with van der Waals surface area (Å²) in [5, 5.41) is 3.20. The molecule has 0 radical (unpaired) electrons. The fraction of sp³-hybridized carbons (Fsp3) is 0.385. The van der Waals surface area contributed by atoms with E-state index in [1.165, 1.54) is 6.07 Å². The molecule has 2 aliphatic rings. The molecular formula is C26H27F3N2O3. The number of ketones is 1. The van der Waals surface area contributed by atoms with Crippen molar-refractivity contribution in [2.24, 2.45) is 5.41 Å². The molecule has 1 atom stereocenters. The minimum atomic E-state index is -5.14. The number of ether oxygens (including phenoxy) is 1. The Kier molecular flexibility index (Phi) is 6.18. The summed E-state index contributed by atoms with van der Waals surface area (Å²) in [4.78, 5) is 27.1. The SMILES string of the molecule is CCCOc1cccc([C@H]2C3=C(CC(C)(C)CC3=O)Nc3ccccc3N2C(=O)C(F)(F)F)c1. The molecule has 1 aliphatic carbocycles. The molecule has 5 nitrogen and oxygen atoms in total. The lowest BCUT2D eigenvalue weighted by atomic mass is 9.73. The van der Waals surface area contributed by atoms with Crippen molar-refractivity contribution in [3.05, 3.63) is 65.4 Å². The molecule has 0 saturated heterocycles. The van der Waals surface area contributed by atoms with Crippen LogP contribution in [0.3, 0.4) is 0 Å². The topological polar surface area (TPSA) is 58.6 Å². The van der Waals surface area contributed by atoms with Crippen LogP contribution in [0.15, 0.2) is 59.8 Å². The summed E-state index contributed by atoms with van der Waals surface area (Å²) >= 11 is 0. The number of para-hydroxylation sites is 2. The van der Waals surface area contributed by atoms with Crippen LogP contribution in [0.5, 0.6) is 5.75 Å². The van der Waals surface area contributed by atoms with Gasteiger partial charge in [-0.1, -0.05) is 45.0 Å². The molecule has 1 amide bonds. The van der Waals surface area contributed by atoms with Crippen LogP contribution in [-0.4, -0.2) is 24.5 Å². The van der Waals surface area contributed by atoms with Gasteiger partial charge in [0.2, 0.25) is 0 Å². The third-order valence-electron chi connectivity index (χ3n) is 6.01. The molecule has 1 N–H and O–H groups in total. The second-order valence-electron chi connectivity index (χ2n) is 9.47. The summed E-state index contributed by atoms with van der Waals surface area (Å²) in [6.45, 7) is 6.27. The van der Waals surface area contributed by atoms with Crippen molar-refractivity contribution >= 4 is 23.1 Å². The predicted octanol–water partition coefficient (Wildman–Crippen LogP) is 6.18. The maximum atomic E-state index is 13.9. The normalized spacial score (nSPS) is 19.6. The molecule has 0 aromatic heterocycles. The molecule has 8 heteroatoms. The summed E-state index contributed by atoms with van der Waals surface area (Å²) in [6.07, 6.45) is -3.75. The van der Waals surface area contributed by atoms with Crippen molar-refractivity contribution in [3.63, 3.8) is 0 Å². The lowest BCUT2D eigenvalue weighted by molar-refractivity contribution is -0.170. The van der Waals surface area contributed by atoms with Gasteiger partial charge < -0.3 is 10.1 Å². The van der Waals surface area contributed by atoms with E-state index in [9.17, 15) is 22.8 Å². The van der Waals surface area contributed by atoms with Gasteiger partial charge in [0, 0.05) is 17.7 Å². The summed E-state index contributed by atoms with van der Waals surface area (Å²) in [7, 11) is 0. The van der Waals surface area contributed by atoms with Gasteiger partial charge >= 0.3 is 12.1 Å². The summed E-state index contributed by atoms with van der Waals surface area (Å²) in [5.74, 6) is -1.84. The third kappa shape index (κ3) is 4.54. The van der Waals surface area contributed by atoms with Gasteiger partial charge in [-0.05, 0) is 48.1 Å². The molecule has 1 aliphatic heterocycles. The first-order valence-corrected chi connectivity index (χ1v) is 11.3. The highest BCUT2D eigenvalue weighted by atomic mass is 19.4. The lowest BCUT2D eigenvalue weighted by Crippen LogP contribution is -2.45. The van der Waals surface area contributed by atoms with Crippen LogP contribution < -0.4 is 15.0 Å². The fourth-order valence-electron chi connectivity index (χ4n) is 4.66. The molecular weight excluding hydrogens is 445 g/mol. The minimum Gasteiger partial charge on any atom is -0.494 e. The third-order valence-corrected chi connectivity index (χ3v) is 6.01. The Morgan fingerprint density at radius 1 is 1.15 bits per heavy atom. The summed E-state index contributed by atoms with van der Waals surface area (Å²) in [6, 6.07) is 11.7. The van der Waals surface area contributed by atoms with Gasteiger partial charge in [0.1, 0.15) is 5.75 Å². The number of rotatable bonds is 4. The zero-order chi connectivity index (χ0) is 24.7. The van der Waals surface area contributed by atoms with Crippen molar-refractivity contribution in [2.75, 3.05) is 16.8 Å². The molecule has 0 saturated carbocycles. The molecule has 0 unspecified atom stereocenters. The van der Waals surface area contributed by atoms with Gasteiger partial charge in [-0.2, -0.15) is 13.2 Å². The van der Waals surface area contributed by atoms with Gasteiger partial charge in [-0.15, -0.1) is 0 Å². The van der Waals surface area contributed by atoms with Crippen molar-refractivity contribution in [3.8, 4) is 5.75 Å². The second-order valence-corrected chi connectivity index (χ2v) is 9.47. The summed E-state index contributed by atoms with van der Waals surface area (Å²) < 4.78 is 47.4. The number of carbonyl (C=O) groups excluding carboxylic acids is 2. The Labute approximate surface area is 196 Å². The van der Waals surface area contributed by atoms with Gasteiger partial charge in [0.15, 0.2) is 5.78 Å². The van der Waals surface area contributed by atoms with Crippen LogP contribution in [-0.2, 0) is 9.59 Å². The van der Waals surface area contributed by atoms with E-state index in [1.54, 1.807) is 42.5 Å². The number of benzene rings is 2. The Morgan fingerprint density at radius 2 is 1.88 bits per heavy atom. The van der Waals surface area contributed by atoms with Crippen molar-refractivity contribution in [1.29, 1.82) is 0 Å². The predicted molar refractivity (Wildman–Crippen MR) is 124 cm³/mol. The molecule has 1 heterocycles. The van der Waals surface area contributed by atoms with Crippen molar-refractivity contribution in [1.82, 2.24) is 0 Å². The number of fused-ring (bicyclic) bond motifs is 1. The number of amides is 1. The quantitative estimate of drug-likeness (QED) is 0.577. The van der Waals surface area contributed by atoms with E-state index in [0.717, 1.165) is 6.42 Å². The van der Waals surface area contributed by atoms with Crippen LogP contribution in [0.1, 0.15) is 51.6 Å². The number of alkyl halides is 3. The highest BCUT2D eigenvalue weighted by Crippen LogP contribution is 2.49. The number of nitrogens with one attached hydrogen (secondary N) is 1. The zero-order valence-electron chi connectivity index (χ0n) is 19.3. The van der Waals surface area contributed by atoms with Gasteiger partial charge in [-0.25, -0.2) is 0 Å². The number of Topliss-reactive ketones (excluding diaryl/α,β-unsaturated/α-hetero) is 1. The van der Waals surface area contributed by atoms with Crippen molar-refractivity contribution in [2.45, 2.75) is 52.3 Å². The summed E-state index contributed by atoms with van der Waals surface area (Å²) in [5.41, 5.74) is 1.13. The fourth-order valence-corrected chi connectivity index (χ4v) is 4.66. The molecule has 0 fully saturated rings. The van der Waals surface area contributed by atoms with E-state index in [0.29, 0.717) is 40.6 Å². The Morgan fingerprint density at radius 3 is 2.59 bits per heavy atom. The highest BCUT2D eigenvalue weighted by Gasteiger charge is 2.50. The molecule has 0 bridgehead atoms. The van der Waals surface area contributed by atoms with Crippen molar-refractivity contribution < 1.29 is 27.5 Å². The van der Waals surface area contributed by atoms with Crippen LogP contribution in [0, 0.1) is 5.41 Å². The molecule has 180 valence electrons. The zero-order valence-corrected chi connectivity index (χ0v) is 19.3. The average Bonchev–Trinajstić information content (AvgIpc) is 2.90. The molecule has 0 spiro atoms. The van der Waals surface area contributed by atoms with Crippen LogP contribution >= 0.6 is 0 Å². The number of hydrogen-bond donors (Lipinski definition) is 1. The number of nitrogens with zero attached hydrogens (tertiary/aromatic N) is 1. The second kappa shape index (κ2) is 8.81. The van der Waals surface area contributed by atoms with E-state index in [1.807, 2.05) is 20.8 Å². The maximum Gasteiger partial charge on any atom is 0.471 e. The Balaban J connectivity index is 1.99. The lowest BCUT2D eigenvalue weighted by Gasteiger charge is -2.37. The van der Waals surface area contributed by atoms with Crippen LogP contribution in [0.25, 0.3) is 0 Å². The van der Waals surface area contributed by atoms with E-state index >= 15 is 0 Å². The maximum absolute atomic E-state index is 13.9. The largest absolute Gasteiger partial charge is 0.494 e. The first kappa shape index (κ1) is 23.9. The number of anilines is 2. The van der Waals surface area contributed by atoms with Crippen LogP contribution in [0.2, 0.25) is 0 Å². The Bertz CT molecular complexity index is 1150. The smallest absolute Gasteiger partial charge is 0.471 e. The van der Waals surface area contributed by atoms with Crippen LogP contribution in [0.4, 0.5) is 24.5 Å².